The Bertz CT molecular complexity index is 636. The fraction of sp³-hybridized carbons (Fsp3) is 0.417. The molecule has 9 nitrogen and oxygen atoms in total. The van der Waals surface area contributed by atoms with Crippen LogP contribution in [0.25, 0.3) is 5.95 Å². The van der Waals surface area contributed by atoms with Crippen LogP contribution < -0.4 is 16.0 Å². The number of nitrogens with zero attached hydrogens (tertiary/aromatic N) is 6. The van der Waals surface area contributed by atoms with Crippen LogP contribution in [0, 0.1) is 0 Å². The van der Waals surface area contributed by atoms with E-state index in [0.29, 0.717) is 17.8 Å². The molecule has 2 aromatic heterocycles. The van der Waals surface area contributed by atoms with Crippen LogP contribution in [0.2, 0.25) is 0 Å². The fourth-order valence-corrected chi connectivity index (χ4v) is 1.54. The Balaban J connectivity index is 2.40. The van der Waals surface area contributed by atoms with Gasteiger partial charge < -0.3 is 16.0 Å². The van der Waals surface area contributed by atoms with Crippen LogP contribution >= 0.6 is 0 Å². The molecule has 0 radical (unpaired) electrons. The van der Waals surface area contributed by atoms with Gasteiger partial charge in [-0.3, -0.25) is 4.79 Å². The molecule has 2 aromatic rings. The summed E-state index contributed by atoms with van der Waals surface area (Å²) in [5, 5.41) is 7.15. The smallest absolute Gasteiger partial charge is 0.269 e. The van der Waals surface area contributed by atoms with E-state index in [1.54, 1.807) is 11.1 Å². The summed E-state index contributed by atoms with van der Waals surface area (Å²) in [6.45, 7) is 2.80. The van der Waals surface area contributed by atoms with E-state index in [-0.39, 0.29) is 5.69 Å². The molecule has 0 unspecified atom stereocenters. The van der Waals surface area contributed by atoms with E-state index in [0.717, 1.165) is 13.0 Å². The summed E-state index contributed by atoms with van der Waals surface area (Å²) in [6, 6.07) is 1.51. The zero-order valence-corrected chi connectivity index (χ0v) is 12.2. The number of anilines is 2. The number of rotatable bonds is 6. The predicted octanol–water partition coefficient (Wildman–Crippen LogP) is 0.0441. The number of primary amides is 1. The third kappa shape index (κ3) is 3.44. The van der Waals surface area contributed by atoms with Crippen LogP contribution in [-0.4, -0.2) is 51.3 Å². The number of carbonyl (C=O) groups excluding carboxylic acids is 1. The van der Waals surface area contributed by atoms with Crippen molar-refractivity contribution in [1.29, 1.82) is 0 Å². The van der Waals surface area contributed by atoms with Crippen molar-refractivity contribution in [3.63, 3.8) is 0 Å². The molecule has 0 saturated heterocycles. The number of nitrogens with one attached hydrogen (secondary N) is 1. The zero-order chi connectivity index (χ0) is 15.4. The van der Waals surface area contributed by atoms with E-state index in [1.165, 1.54) is 10.7 Å². The summed E-state index contributed by atoms with van der Waals surface area (Å²) in [5.74, 6) is 0.677. The van der Waals surface area contributed by atoms with Crippen molar-refractivity contribution in [1.82, 2.24) is 24.7 Å². The van der Waals surface area contributed by atoms with Crippen LogP contribution in [0.1, 0.15) is 23.8 Å². The van der Waals surface area contributed by atoms with Gasteiger partial charge >= 0.3 is 0 Å². The number of aromatic nitrogens is 5. The molecule has 0 aliphatic rings. The highest BCUT2D eigenvalue weighted by Crippen LogP contribution is 2.11. The normalized spacial score (nSPS) is 10.4. The second-order valence-corrected chi connectivity index (χ2v) is 4.59. The Hall–Kier alpha value is -2.71. The van der Waals surface area contributed by atoms with Crippen LogP contribution in [-0.2, 0) is 0 Å². The summed E-state index contributed by atoms with van der Waals surface area (Å²) in [4.78, 5) is 25.7. The van der Waals surface area contributed by atoms with E-state index < -0.39 is 5.91 Å². The minimum Gasteiger partial charge on any atom is -0.364 e. The van der Waals surface area contributed by atoms with Gasteiger partial charge in [0.25, 0.3) is 11.9 Å². The fourth-order valence-electron chi connectivity index (χ4n) is 1.54. The second-order valence-electron chi connectivity index (χ2n) is 4.59. The van der Waals surface area contributed by atoms with Gasteiger partial charge in [0, 0.05) is 26.8 Å². The molecule has 0 bridgehead atoms. The van der Waals surface area contributed by atoms with Gasteiger partial charge in [-0.2, -0.15) is 20.1 Å². The predicted molar refractivity (Wildman–Crippen MR) is 78.6 cm³/mol. The SMILES string of the molecule is CCCNc1nc(N(C)C)nc(-n2ccc(C(N)=O)n2)n1. The lowest BCUT2D eigenvalue weighted by molar-refractivity contribution is 0.0995. The average molecular weight is 290 g/mol. The topological polar surface area (TPSA) is 115 Å². The Kier molecular flexibility index (Phi) is 4.31. The van der Waals surface area contributed by atoms with Gasteiger partial charge in [-0.1, -0.05) is 6.92 Å². The molecular formula is C12H18N8O. The first-order valence-electron chi connectivity index (χ1n) is 6.54. The van der Waals surface area contributed by atoms with E-state index >= 15 is 0 Å². The summed E-state index contributed by atoms with van der Waals surface area (Å²) in [7, 11) is 3.67. The minimum absolute atomic E-state index is 0.157. The van der Waals surface area contributed by atoms with Crippen molar-refractivity contribution in [3.05, 3.63) is 18.0 Å². The van der Waals surface area contributed by atoms with E-state index in [2.05, 4.69) is 32.3 Å². The molecule has 0 spiro atoms. The number of carbonyl (C=O) groups is 1. The van der Waals surface area contributed by atoms with Crippen molar-refractivity contribution in [2.45, 2.75) is 13.3 Å². The van der Waals surface area contributed by atoms with Crippen molar-refractivity contribution >= 4 is 17.8 Å². The molecule has 0 aliphatic heterocycles. The third-order valence-corrected chi connectivity index (χ3v) is 2.59. The third-order valence-electron chi connectivity index (χ3n) is 2.59. The maximum Gasteiger partial charge on any atom is 0.269 e. The highest BCUT2D eigenvalue weighted by Gasteiger charge is 2.12. The Morgan fingerprint density at radius 3 is 2.71 bits per heavy atom. The summed E-state index contributed by atoms with van der Waals surface area (Å²) in [6.07, 6.45) is 2.53. The molecule has 0 saturated carbocycles. The lowest BCUT2D eigenvalue weighted by Crippen LogP contribution is -2.18. The minimum atomic E-state index is -0.597. The van der Waals surface area contributed by atoms with Crippen molar-refractivity contribution in [2.75, 3.05) is 30.9 Å². The molecule has 0 atom stereocenters. The molecule has 2 heterocycles. The van der Waals surface area contributed by atoms with Gasteiger partial charge in [-0.25, -0.2) is 4.68 Å². The maximum absolute atomic E-state index is 11.1. The molecule has 112 valence electrons. The maximum atomic E-state index is 11.1. The Morgan fingerprint density at radius 2 is 2.14 bits per heavy atom. The van der Waals surface area contributed by atoms with Gasteiger partial charge in [0.05, 0.1) is 0 Å². The highest BCUT2D eigenvalue weighted by atomic mass is 16.1. The van der Waals surface area contributed by atoms with Gasteiger partial charge in [0.15, 0.2) is 0 Å². The van der Waals surface area contributed by atoms with E-state index in [9.17, 15) is 4.79 Å². The molecule has 0 aromatic carbocycles. The van der Waals surface area contributed by atoms with E-state index in [1.807, 2.05) is 14.1 Å². The standard InChI is InChI=1S/C12H18N8O/c1-4-6-14-10-15-11(19(2)3)17-12(16-10)20-7-5-8(18-20)9(13)21/h5,7H,4,6H2,1-3H3,(H2,13,21)(H,14,15,16,17). The zero-order valence-electron chi connectivity index (χ0n) is 12.2. The van der Waals surface area contributed by atoms with Gasteiger partial charge in [-0.15, -0.1) is 0 Å². The van der Waals surface area contributed by atoms with Crippen molar-refractivity contribution in [2.24, 2.45) is 5.73 Å². The molecule has 1 amide bonds. The first kappa shape index (κ1) is 14.7. The summed E-state index contributed by atoms with van der Waals surface area (Å²) >= 11 is 0. The van der Waals surface area contributed by atoms with E-state index in [4.69, 9.17) is 5.73 Å². The monoisotopic (exact) mass is 290 g/mol. The number of amides is 1. The van der Waals surface area contributed by atoms with Gasteiger partial charge in [0.1, 0.15) is 5.69 Å². The Labute approximate surface area is 122 Å². The quantitative estimate of drug-likeness (QED) is 0.772. The highest BCUT2D eigenvalue weighted by molar-refractivity contribution is 5.90. The van der Waals surface area contributed by atoms with Crippen molar-refractivity contribution < 1.29 is 4.79 Å². The van der Waals surface area contributed by atoms with Gasteiger partial charge in [-0.05, 0) is 12.5 Å². The number of hydrogen-bond donors (Lipinski definition) is 2. The molecule has 2 rings (SSSR count). The van der Waals surface area contributed by atoms with Crippen LogP contribution in [0.5, 0.6) is 0 Å². The van der Waals surface area contributed by atoms with Crippen molar-refractivity contribution in [3.8, 4) is 5.95 Å². The van der Waals surface area contributed by atoms with Crippen LogP contribution in [0.15, 0.2) is 12.3 Å². The number of hydrogen-bond acceptors (Lipinski definition) is 7. The lowest BCUT2D eigenvalue weighted by Gasteiger charge is -2.13. The lowest BCUT2D eigenvalue weighted by atomic mass is 10.4. The Morgan fingerprint density at radius 1 is 1.38 bits per heavy atom. The molecular weight excluding hydrogens is 272 g/mol. The largest absolute Gasteiger partial charge is 0.364 e. The molecule has 0 fully saturated rings. The number of nitrogens with two attached hydrogens (primary N) is 1. The second kappa shape index (κ2) is 6.16. The first-order chi connectivity index (χ1) is 10.0. The van der Waals surface area contributed by atoms with Crippen LogP contribution in [0.3, 0.4) is 0 Å². The van der Waals surface area contributed by atoms with Gasteiger partial charge in [0.2, 0.25) is 11.9 Å². The molecule has 21 heavy (non-hydrogen) atoms. The van der Waals surface area contributed by atoms with Crippen LogP contribution in [0.4, 0.5) is 11.9 Å². The average Bonchev–Trinajstić information content (AvgIpc) is 2.94. The molecule has 0 aliphatic carbocycles. The summed E-state index contributed by atoms with van der Waals surface area (Å²) in [5.41, 5.74) is 5.35. The first-order valence-corrected chi connectivity index (χ1v) is 6.54. The molecule has 3 N–H and O–H groups in total. The summed E-state index contributed by atoms with van der Waals surface area (Å²) < 4.78 is 1.39. The molecule has 9 heteroatoms.